The fraction of sp³-hybridized carbons (Fsp3) is 0.312. The third-order valence-electron chi connectivity index (χ3n) is 3.83. The Balaban J connectivity index is 1.99. The SMILES string of the molecule is C=Cc1ccc(OC(F)(F)F)c(-c2cnn(C3CCC3)c2)c1. The first kappa shape index (κ1) is 14.7. The van der Waals surface area contributed by atoms with E-state index in [0.29, 0.717) is 17.2 Å². The molecule has 3 rings (SSSR count). The van der Waals surface area contributed by atoms with Crippen LogP contribution in [0.1, 0.15) is 30.9 Å². The Morgan fingerprint density at radius 3 is 2.68 bits per heavy atom. The van der Waals surface area contributed by atoms with Gasteiger partial charge in [0, 0.05) is 17.3 Å². The summed E-state index contributed by atoms with van der Waals surface area (Å²) in [5.74, 6) is -0.230. The molecular formula is C16H15F3N2O. The summed E-state index contributed by atoms with van der Waals surface area (Å²) in [7, 11) is 0. The van der Waals surface area contributed by atoms with Crippen molar-refractivity contribution in [1.82, 2.24) is 9.78 Å². The van der Waals surface area contributed by atoms with Crippen LogP contribution in [0.4, 0.5) is 13.2 Å². The van der Waals surface area contributed by atoms with Crippen molar-refractivity contribution >= 4 is 6.08 Å². The van der Waals surface area contributed by atoms with Gasteiger partial charge in [-0.3, -0.25) is 4.68 Å². The minimum atomic E-state index is -4.73. The molecule has 0 atom stereocenters. The standard InChI is InChI=1S/C16H15F3N2O/c1-2-11-6-7-15(22-16(17,18)19)14(8-11)12-9-20-21(10-12)13-4-3-5-13/h2,6-10,13H,1,3-5H2. The molecule has 0 spiro atoms. The summed E-state index contributed by atoms with van der Waals surface area (Å²) >= 11 is 0. The summed E-state index contributed by atoms with van der Waals surface area (Å²) in [4.78, 5) is 0. The fourth-order valence-electron chi connectivity index (χ4n) is 2.44. The Bertz CT molecular complexity index is 687. The van der Waals surface area contributed by atoms with Crippen molar-refractivity contribution in [3.63, 3.8) is 0 Å². The quantitative estimate of drug-likeness (QED) is 0.810. The van der Waals surface area contributed by atoms with Crippen molar-refractivity contribution in [1.29, 1.82) is 0 Å². The van der Waals surface area contributed by atoms with Crippen LogP contribution < -0.4 is 4.74 Å². The minimum Gasteiger partial charge on any atom is -0.405 e. The smallest absolute Gasteiger partial charge is 0.405 e. The number of aromatic nitrogens is 2. The molecule has 1 aromatic carbocycles. The summed E-state index contributed by atoms with van der Waals surface area (Å²) in [5.41, 5.74) is 1.69. The van der Waals surface area contributed by atoms with E-state index < -0.39 is 6.36 Å². The molecule has 1 saturated carbocycles. The summed E-state index contributed by atoms with van der Waals surface area (Å²) in [6.07, 6.45) is 3.47. The highest BCUT2D eigenvalue weighted by Gasteiger charge is 2.32. The van der Waals surface area contributed by atoms with E-state index >= 15 is 0 Å². The highest BCUT2D eigenvalue weighted by atomic mass is 19.4. The van der Waals surface area contributed by atoms with E-state index in [2.05, 4.69) is 16.4 Å². The van der Waals surface area contributed by atoms with Gasteiger partial charge in [0.05, 0.1) is 12.2 Å². The van der Waals surface area contributed by atoms with Crippen LogP contribution in [-0.2, 0) is 0 Å². The van der Waals surface area contributed by atoms with E-state index in [1.165, 1.54) is 12.1 Å². The molecule has 22 heavy (non-hydrogen) atoms. The molecule has 116 valence electrons. The highest BCUT2D eigenvalue weighted by Crippen LogP contribution is 2.37. The van der Waals surface area contributed by atoms with Crippen LogP contribution >= 0.6 is 0 Å². The van der Waals surface area contributed by atoms with Gasteiger partial charge in [-0.05, 0) is 37.0 Å². The molecule has 1 aromatic heterocycles. The van der Waals surface area contributed by atoms with E-state index in [1.54, 1.807) is 24.5 Å². The summed E-state index contributed by atoms with van der Waals surface area (Å²) in [6.45, 7) is 3.64. The molecular weight excluding hydrogens is 293 g/mol. The van der Waals surface area contributed by atoms with Crippen LogP contribution in [0.2, 0.25) is 0 Å². The Kier molecular flexibility index (Phi) is 3.68. The third kappa shape index (κ3) is 3.00. The summed E-state index contributed by atoms with van der Waals surface area (Å²) < 4.78 is 43.6. The van der Waals surface area contributed by atoms with Gasteiger partial charge >= 0.3 is 6.36 Å². The van der Waals surface area contributed by atoms with Gasteiger partial charge in [-0.15, -0.1) is 13.2 Å². The van der Waals surface area contributed by atoms with Gasteiger partial charge in [-0.1, -0.05) is 18.7 Å². The molecule has 0 saturated heterocycles. The molecule has 2 aromatic rings. The van der Waals surface area contributed by atoms with Crippen molar-refractivity contribution in [2.24, 2.45) is 0 Å². The van der Waals surface area contributed by atoms with Gasteiger partial charge in [-0.25, -0.2) is 0 Å². The van der Waals surface area contributed by atoms with Crippen molar-refractivity contribution < 1.29 is 17.9 Å². The molecule has 6 heteroatoms. The molecule has 0 unspecified atom stereocenters. The normalized spacial score (nSPS) is 15.4. The second-order valence-corrected chi connectivity index (χ2v) is 5.30. The number of hydrogen-bond acceptors (Lipinski definition) is 2. The first-order valence-corrected chi connectivity index (χ1v) is 7.03. The first-order valence-electron chi connectivity index (χ1n) is 7.03. The predicted octanol–water partition coefficient (Wildman–Crippen LogP) is 4.82. The van der Waals surface area contributed by atoms with E-state index in [-0.39, 0.29) is 5.75 Å². The summed E-state index contributed by atoms with van der Waals surface area (Å²) in [5, 5.41) is 4.26. The van der Waals surface area contributed by atoms with E-state index in [9.17, 15) is 13.2 Å². The number of nitrogens with zero attached hydrogens (tertiary/aromatic N) is 2. The molecule has 1 fully saturated rings. The lowest BCUT2D eigenvalue weighted by Crippen LogP contribution is -2.17. The molecule has 0 aliphatic heterocycles. The zero-order valence-electron chi connectivity index (χ0n) is 11.8. The van der Waals surface area contributed by atoms with Crippen LogP contribution in [0.5, 0.6) is 5.75 Å². The molecule has 1 heterocycles. The predicted molar refractivity (Wildman–Crippen MR) is 77.3 cm³/mol. The maximum atomic E-state index is 12.6. The molecule has 1 aliphatic carbocycles. The van der Waals surface area contributed by atoms with Crippen molar-refractivity contribution in [3.05, 3.63) is 42.7 Å². The second kappa shape index (κ2) is 5.51. The number of hydrogen-bond donors (Lipinski definition) is 0. The largest absolute Gasteiger partial charge is 0.573 e. The van der Waals surface area contributed by atoms with Crippen LogP contribution in [0.15, 0.2) is 37.2 Å². The summed E-state index contributed by atoms with van der Waals surface area (Å²) in [6, 6.07) is 4.81. The lowest BCUT2D eigenvalue weighted by atomic mass is 9.93. The van der Waals surface area contributed by atoms with Gasteiger partial charge < -0.3 is 4.74 Å². The Morgan fingerprint density at radius 1 is 1.32 bits per heavy atom. The van der Waals surface area contributed by atoms with Crippen LogP contribution in [0.25, 0.3) is 17.2 Å². The van der Waals surface area contributed by atoms with Crippen molar-refractivity contribution in [2.45, 2.75) is 31.7 Å². The van der Waals surface area contributed by atoms with Gasteiger partial charge in [0.15, 0.2) is 0 Å². The maximum Gasteiger partial charge on any atom is 0.573 e. The van der Waals surface area contributed by atoms with E-state index in [0.717, 1.165) is 24.8 Å². The maximum absolute atomic E-state index is 12.6. The average molecular weight is 308 g/mol. The molecule has 1 aliphatic rings. The van der Waals surface area contributed by atoms with E-state index in [4.69, 9.17) is 0 Å². The van der Waals surface area contributed by atoms with Crippen molar-refractivity contribution in [2.75, 3.05) is 0 Å². The van der Waals surface area contributed by atoms with Gasteiger partial charge in [0.25, 0.3) is 0 Å². The monoisotopic (exact) mass is 308 g/mol. The number of halogens is 3. The van der Waals surface area contributed by atoms with E-state index in [1.807, 2.05) is 4.68 Å². The fourth-order valence-corrected chi connectivity index (χ4v) is 2.44. The zero-order valence-corrected chi connectivity index (χ0v) is 11.8. The average Bonchev–Trinajstić information content (AvgIpc) is 2.84. The molecule has 0 amide bonds. The van der Waals surface area contributed by atoms with Gasteiger partial charge in [0.2, 0.25) is 0 Å². The number of benzene rings is 1. The number of alkyl halides is 3. The Labute approximate surface area is 126 Å². The third-order valence-corrected chi connectivity index (χ3v) is 3.83. The van der Waals surface area contributed by atoms with Crippen LogP contribution in [-0.4, -0.2) is 16.1 Å². The Hall–Kier alpha value is -2.24. The second-order valence-electron chi connectivity index (χ2n) is 5.30. The van der Waals surface area contributed by atoms with Gasteiger partial charge in [0.1, 0.15) is 5.75 Å². The lowest BCUT2D eigenvalue weighted by molar-refractivity contribution is -0.274. The van der Waals surface area contributed by atoms with Gasteiger partial charge in [-0.2, -0.15) is 5.10 Å². The Morgan fingerprint density at radius 2 is 2.09 bits per heavy atom. The molecule has 3 nitrogen and oxygen atoms in total. The zero-order chi connectivity index (χ0) is 15.7. The van der Waals surface area contributed by atoms with Crippen LogP contribution in [0.3, 0.4) is 0 Å². The van der Waals surface area contributed by atoms with Crippen molar-refractivity contribution in [3.8, 4) is 16.9 Å². The lowest BCUT2D eigenvalue weighted by Gasteiger charge is -2.25. The number of ether oxygens (including phenoxy) is 1. The highest BCUT2D eigenvalue weighted by molar-refractivity contribution is 5.72. The molecule has 0 bridgehead atoms. The minimum absolute atomic E-state index is 0.230. The van der Waals surface area contributed by atoms with Crippen LogP contribution in [0, 0.1) is 0 Å². The molecule has 0 N–H and O–H groups in total. The topological polar surface area (TPSA) is 27.1 Å². The number of rotatable bonds is 4. The first-order chi connectivity index (χ1) is 10.5. The molecule has 0 radical (unpaired) electrons.